The molecule has 23 heavy (non-hydrogen) atoms. The van der Waals surface area contributed by atoms with Gasteiger partial charge in [-0.15, -0.1) is 0 Å². The lowest BCUT2D eigenvalue weighted by molar-refractivity contribution is -0.121. The number of fused-ring (bicyclic) bond motifs is 1. The van der Waals surface area contributed by atoms with Crippen LogP contribution in [0.3, 0.4) is 0 Å². The maximum atomic E-state index is 11.9. The molecule has 3 rings (SSSR count). The molecular weight excluding hydrogens is 318 g/mol. The molecule has 1 atom stereocenters. The number of halogens is 1. The van der Waals surface area contributed by atoms with Crippen molar-refractivity contribution < 1.29 is 19.0 Å². The van der Waals surface area contributed by atoms with Crippen LogP contribution in [0.15, 0.2) is 36.4 Å². The summed E-state index contributed by atoms with van der Waals surface area (Å²) in [6.45, 7) is -0.0734. The Morgan fingerprint density at radius 3 is 2.70 bits per heavy atom. The summed E-state index contributed by atoms with van der Waals surface area (Å²) in [6.07, 6.45) is -0.539. The van der Waals surface area contributed by atoms with Gasteiger partial charge in [-0.1, -0.05) is 29.8 Å². The molecule has 0 unspecified atom stereocenters. The summed E-state index contributed by atoms with van der Waals surface area (Å²) in [5.74, 6) is 0.920. The van der Waals surface area contributed by atoms with E-state index in [1.807, 2.05) is 12.1 Å². The van der Waals surface area contributed by atoms with E-state index < -0.39 is 6.10 Å². The lowest BCUT2D eigenvalue weighted by Crippen LogP contribution is -2.15. The van der Waals surface area contributed by atoms with Gasteiger partial charge in [0.15, 0.2) is 11.5 Å². The summed E-state index contributed by atoms with van der Waals surface area (Å²) < 4.78 is 16.7. The fourth-order valence-electron chi connectivity index (χ4n) is 2.70. The summed E-state index contributed by atoms with van der Waals surface area (Å²) in [7, 11) is 3.14. The van der Waals surface area contributed by atoms with E-state index in [2.05, 4.69) is 5.32 Å². The van der Waals surface area contributed by atoms with Crippen molar-refractivity contribution in [3.8, 4) is 11.5 Å². The van der Waals surface area contributed by atoms with Crippen LogP contribution in [-0.2, 0) is 9.53 Å². The van der Waals surface area contributed by atoms with E-state index in [1.165, 1.54) is 0 Å². The Labute approximate surface area is 139 Å². The third kappa shape index (κ3) is 2.85. The average molecular weight is 334 g/mol. The second-order valence-electron chi connectivity index (χ2n) is 5.02. The molecule has 0 saturated heterocycles. The highest BCUT2D eigenvalue weighted by atomic mass is 35.5. The zero-order valence-electron chi connectivity index (χ0n) is 12.8. The molecule has 0 aliphatic carbocycles. The second kappa shape index (κ2) is 6.48. The minimum absolute atomic E-state index is 0.0734. The first-order valence-corrected chi connectivity index (χ1v) is 7.44. The van der Waals surface area contributed by atoms with Gasteiger partial charge in [0.2, 0.25) is 5.91 Å². The lowest BCUT2D eigenvalue weighted by Gasteiger charge is -2.22. The molecule has 5 nitrogen and oxygen atoms in total. The van der Waals surface area contributed by atoms with Crippen LogP contribution in [0.25, 0.3) is 0 Å². The van der Waals surface area contributed by atoms with Gasteiger partial charge in [0.05, 0.1) is 14.2 Å². The Morgan fingerprint density at radius 1 is 1.17 bits per heavy atom. The SMILES string of the molecule is COc1cccc([C@H]2OCC(=O)Nc3cccc(Cl)c32)c1OC. The van der Waals surface area contributed by atoms with E-state index in [9.17, 15) is 4.79 Å². The number of anilines is 1. The number of carbonyl (C=O) groups is 1. The quantitative estimate of drug-likeness (QED) is 0.935. The van der Waals surface area contributed by atoms with Crippen molar-refractivity contribution in [1.82, 2.24) is 0 Å². The fraction of sp³-hybridized carbons (Fsp3) is 0.235. The molecule has 2 aromatic rings. The molecule has 0 aromatic heterocycles. The highest BCUT2D eigenvalue weighted by Gasteiger charge is 2.29. The fourth-order valence-corrected chi connectivity index (χ4v) is 2.98. The average Bonchev–Trinajstić information content (AvgIpc) is 2.73. The number of carbonyl (C=O) groups excluding carboxylic acids is 1. The number of benzene rings is 2. The first-order chi connectivity index (χ1) is 11.2. The molecule has 0 fully saturated rings. The Hall–Kier alpha value is -2.24. The second-order valence-corrected chi connectivity index (χ2v) is 5.43. The van der Waals surface area contributed by atoms with Crippen molar-refractivity contribution in [2.75, 3.05) is 26.1 Å². The van der Waals surface area contributed by atoms with Crippen LogP contribution in [0.5, 0.6) is 11.5 Å². The number of amides is 1. The van der Waals surface area contributed by atoms with Gasteiger partial charge in [0.25, 0.3) is 0 Å². The van der Waals surface area contributed by atoms with Crippen molar-refractivity contribution in [1.29, 1.82) is 0 Å². The van der Waals surface area contributed by atoms with Crippen molar-refractivity contribution in [2.45, 2.75) is 6.10 Å². The molecule has 1 heterocycles. The van der Waals surface area contributed by atoms with Crippen molar-refractivity contribution in [2.24, 2.45) is 0 Å². The van der Waals surface area contributed by atoms with Gasteiger partial charge in [-0.2, -0.15) is 0 Å². The molecule has 1 amide bonds. The van der Waals surface area contributed by atoms with E-state index in [1.54, 1.807) is 38.5 Å². The van der Waals surface area contributed by atoms with E-state index in [4.69, 9.17) is 25.8 Å². The van der Waals surface area contributed by atoms with E-state index in [0.717, 1.165) is 5.56 Å². The highest BCUT2D eigenvalue weighted by Crippen LogP contribution is 2.44. The standard InChI is InChI=1S/C17H16ClNO4/c1-21-13-8-3-5-10(16(13)22-2)17-15-11(18)6-4-7-12(15)19-14(20)9-23-17/h3-8,17H,9H2,1-2H3,(H,19,20)/t17-/m1/s1. The van der Waals surface area contributed by atoms with Crippen LogP contribution in [0.2, 0.25) is 5.02 Å². The van der Waals surface area contributed by atoms with Crippen molar-refractivity contribution in [3.05, 3.63) is 52.5 Å². The zero-order valence-corrected chi connectivity index (χ0v) is 13.5. The number of hydrogen-bond donors (Lipinski definition) is 1. The molecule has 1 aliphatic heterocycles. The molecule has 0 radical (unpaired) electrons. The molecular formula is C17H16ClNO4. The molecule has 2 aromatic carbocycles. The number of hydrogen-bond acceptors (Lipinski definition) is 4. The normalized spacial score (nSPS) is 17.0. The highest BCUT2D eigenvalue weighted by molar-refractivity contribution is 6.32. The molecule has 1 aliphatic rings. The van der Waals surface area contributed by atoms with Gasteiger partial charge in [-0.05, 0) is 18.2 Å². The van der Waals surface area contributed by atoms with E-state index in [0.29, 0.717) is 27.8 Å². The number of methoxy groups -OCH3 is 2. The molecule has 0 saturated carbocycles. The first-order valence-electron chi connectivity index (χ1n) is 7.06. The van der Waals surface area contributed by atoms with Gasteiger partial charge in [0, 0.05) is 21.8 Å². The van der Waals surface area contributed by atoms with Crippen LogP contribution in [-0.4, -0.2) is 26.7 Å². The molecule has 0 spiro atoms. The van der Waals surface area contributed by atoms with Crippen LogP contribution >= 0.6 is 11.6 Å². The van der Waals surface area contributed by atoms with Crippen molar-refractivity contribution in [3.63, 3.8) is 0 Å². The Balaban J connectivity index is 2.20. The van der Waals surface area contributed by atoms with Crippen LogP contribution < -0.4 is 14.8 Å². The molecule has 120 valence electrons. The first kappa shape index (κ1) is 15.6. The van der Waals surface area contributed by atoms with Gasteiger partial charge in [-0.3, -0.25) is 4.79 Å². The largest absolute Gasteiger partial charge is 0.493 e. The summed E-state index contributed by atoms with van der Waals surface area (Å²) in [5.41, 5.74) is 2.08. The third-order valence-electron chi connectivity index (χ3n) is 3.69. The minimum Gasteiger partial charge on any atom is -0.493 e. The molecule has 0 bridgehead atoms. The van der Waals surface area contributed by atoms with Gasteiger partial charge in [-0.25, -0.2) is 0 Å². The topological polar surface area (TPSA) is 56.8 Å². The summed E-state index contributed by atoms with van der Waals surface area (Å²) >= 11 is 6.37. The van der Waals surface area contributed by atoms with Crippen molar-refractivity contribution >= 4 is 23.2 Å². The van der Waals surface area contributed by atoms with Crippen LogP contribution in [0.1, 0.15) is 17.2 Å². The molecule has 6 heteroatoms. The number of rotatable bonds is 3. The van der Waals surface area contributed by atoms with Gasteiger partial charge in [0.1, 0.15) is 12.7 Å². The van der Waals surface area contributed by atoms with E-state index >= 15 is 0 Å². The summed E-state index contributed by atoms with van der Waals surface area (Å²) in [6, 6.07) is 10.9. The zero-order chi connectivity index (χ0) is 16.4. The minimum atomic E-state index is -0.539. The summed E-state index contributed by atoms with van der Waals surface area (Å²) in [5, 5.41) is 3.32. The monoisotopic (exact) mass is 333 g/mol. The number of para-hydroxylation sites is 1. The molecule has 1 N–H and O–H groups in total. The Bertz CT molecular complexity index is 747. The number of ether oxygens (including phenoxy) is 3. The Kier molecular flexibility index (Phi) is 4.41. The van der Waals surface area contributed by atoms with E-state index in [-0.39, 0.29) is 12.5 Å². The predicted octanol–water partition coefficient (Wildman–Crippen LogP) is 3.42. The maximum absolute atomic E-state index is 11.9. The predicted molar refractivity (Wildman–Crippen MR) is 87.4 cm³/mol. The Morgan fingerprint density at radius 2 is 1.96 bits per heavy atom. The van der Waals surface area contributed by atoms with Gasteiger partial charge < -0.3 is 19.5 Å². The lowest BCUT2D eigenvalue weighted by atomic mass is 9.98. The smallest absolute Gasteiger partial charge is 0.250 e. The van der Waals surface area contributed by atoms with Crippen LogP contribution in [0, 0.1) is 0 Å². The van der Waals surface area contributed by atoms with Crippen LogP contribution in [0.4, 0.5) is 5.69 Å². The summed E-state index contributed by atoms with van der Waals surface area (Å²) in [4.78, 5) is 11.9. The third-order valence-corrected chi connectivity index (χ3v) is 4.02. The van der Waals surface area contributed by atoms with Gasteiger partial charge >= 0.3 is 0 Å². The number of nitrogens with one attached hydrogen (secondary N) is 1. The maximum Gasteiger partial charge on any atom is 0.250 e.